The second-order valence-electron chi connectivity index (χ2n) is 7.01. The van der Waals surface area contributed by atoms with Crippen LogP contribution in [0.25, 0.3) is 55.5 Å². The molecule has 0 saturated heterocycles. The molecule has 138 valence electrons. The number of aromatic nitrogens is 1. The molecule has 0 saturated carbocycles. The normalized spacial score (nSPS) is 11.6. The summed E-state index contributed by atoms with van der Waals surface area (Å²) in [7, 11) is 0. The van der Waals surface area contributed by atoms with Crippen LogP contribution in [-0.4, -0.2) is 4.98 Å². The molecule has 0 radical (unpaired) electrons. The zero-order chi connectivity index (χ0) is 19.4. The van der Waals surface area contributed by atoms with Crippen LogP contribution in [0.15, 0.2) is 93.9 Å². The van der Waals surface area contributed by atoms with Crippen LogP contribution in [0, 0.1) is 5.82 Å². The van der Waals surface area contributed by atoms with E-state index in [1.165, 1.54) is 12.1 Å². The largest absolute Gasteiger partial charge is 0.455 e. The summed E-state index contributed by atoms with van der Waals surface area (Å²) in [5.74, 6) is 0.411. The highest BCUT2D eigenvalue weighted by atomic mass is 19.1. The minimum atomic E-state index is -0.271. The summed E-state index contributed by atoms with van der Waals surface area (Å²) in [6.45, 7) is 0. The highest BCUT2D eigenvalue weighted by molar-refractivity contribution is 6.09. The molecule has 3 aromatic carbocycles. The minimum absolute atomic E-state index is 0.271. The van der Waals surface area contributed by atoms with Crippen LogP contribution in [0.2, 0.25) is 0 Å². The second-order valence-corrected chi connectivity index (χ2v) is 7.01. The van der Waals surface area contributed by atoms with Crippen molar-refractivity contribution in [3.63, 3.8) is 0 Å². The van der Waals surface area contributed by atoms with E-state index >= 15 is 0 Å². The van der Waals surface area contributed by atoms with E-state index in [0.717, 1.165) is 44.1 Å². The summed E-state index contributed by atoms with van der Waals surface area (Å²) < 4.78 is 25.3. The molecule has 3 heterocycles. The SMILES string of the molecule is Fc1ccc(-c2cc3cc(-c4cccc5c4oc4ccccc45)ncc3o2)cc1. The standard InChI is InChI=1S/C25H14FNO2/c26-17-10-8-15(9-11-17)23-13-16-12-21(27-14-24(16)28-23)20-6-3-5-19-18-4-1-2-7-22(18)29-25(19)20/h1-14H. The zero-order valence-corrected chi connectivity index (χ0v) is 15.2. The maximum atomic E-state index is 13.2. The third-order valence-electron chi connectivity index (χ3n) is 5.21. The number of hydrogen-bond acceptors (Lipinski definition) is 3. The summed E-state index contributed by atoms with van der Waals surface area (Å²) in [6, 6.07) is 24.3. The van der Waals surface area contributed by atoms with Crippen molar-refractivity contribution in [2.75, 3.05) is 0 Å². The smallest absolute Gasteiger partial charge is 0.153 e. The lowest BCUT2D eigenvalue weighted by Gasteiger charge is -2.01. The van der Waals surface area contributed by atoms with E-state index in [4.69, 9.17) is 8.83 Å². The van der Waals surface area contributed by atoms with Crippen LogP contribution in [-0.2, 0) is 0 Å². The Morgan fingerprint density at radius 3 is 2.45 bits per heavy atom. The van der Waals surface area contributed by atoms with E-state index in [9.17, 15) is 4.39 Å². The first kappa shape index (κ1) is 16.1. The van der Waals surface area contributed by atoms with E-state index in [2.05, 4.69) is 17.1 Å². The maximum Gasteiger partial charge on any atom is 0.153 e. The van der Waals surface area contributed by atoms with Gasteiger partial charge in [-0.25, -0.2) is 4.39 Å². The van der Waals surface area contributed by atoms with E-state index < -0.39 is 0 Å². The average Bonchev–Trinajstić information content (AvgIpc) is 3.35. The molecule has 29 heavy (non-hydrogen) atoms. The van der Waals surface area contributed by atoms with Crippen molar-refractivity contribution in [2.45, 2.75) is 0 Å². The number of furan rings is 2. The summed E-state index contributed by atoms with van der Waals surface area (Å²) in [5, 5.41) is 3.09. The van der Waals surface area contributed by atoms with Crippen molar-refractivity contribution in [3.8, 4) is 22.6 Å². The van der Waals surface area contributed by atoms with Crippen molar-refractivity contribution < 1.29 is 13.2 Å². The molecule has 0 aliphatic carbocycles. The van der Waals surface area contributed by atoms with Crippen LogP contribution < -0.4 is 0 Å². The molecule has 6 aromatic rings. The summed E-state index contributed by atoms with van der Waals surface area (Å²) >= 11 is 0. The van der Waals surface area contributed by atoms with E-state index in [1.54, 1.807) is 18.3 Å². The number of pyridine rings is 1. The Morgan fingerprint density at radius 1 is 0.724 bits per heavy atom. The molecular weight excluding hydrogens is 365 g/mol. The molecule has 0 fully saturated rings. The van der Waals surface area contributed by atoms with Gasteiger partial charge in [-0.15, -0.1) is 0 Å². The Kier molecular flexibility index (Phi) is 3.35. The number of benzene rings is 3. The van der Waals surface area contributed by atoms with E-state index in [1.807, 2.05) is 42.5 Å². The van der Waals surface area contributed by atoms with Gasteiger partial charge in [0.1, 0.15) is 22.7 Å². The predicted molar refractivity (Wildman–Crippen MR) is 112 cm³/mol. The molecule has 4 heteroatoms. The number of nitrogens with zero attached hydrogens (tertiary/aromatic N) is 1. The lowest BCUT2D eigenvalue weighted by molar-refractivity contribution is 0.622. The molecule has 0 bridgehead atoms. The second kappa shape index (κ2) is 6.04. The minimum Gasteiger partial charge on any atom is -0.455 e. The van der Waals surface area contributed by atoms with Crippen molar-refractivity contribution in [1.82, 2.24) is 4.98 Å². The first-order valence-corrected chi connectivity index (χ1v) is 9.32. The van der Waals surface area contributed by atoms with Gasteiger partial charge in [-0.2, -0.15) is 0 Å². The Labute approximate surface area is 165 Å². The van der Waals surface area contributed by atoms with Gasteiger partial charge in [0.25, 0.3) is 0 Å². The van der Waals surface area contributed by atoms with Gasteiger partial charge in [0.15, 0.2) is 5.58 Å². The van der Waals surface area contributed by atoms with Crippen LogP contribution in [0.5, 0.6) is 0 Å². The van der Waals surface area contributed by atoms with E-state index in [-0.39, 0.29) is 5.82 Å². The first-order valence-electron chi connectivity index (χ1n) is 9.32. The summed E-state index contributed by atoms with van der Waals surface area (Å²) in [5.41, 5.74) is 4.94. The van der Waals surface area contributed by atoms with Crippen molar-refractivity contribution in [1.29, 1.82) is 0 Å². The molecule has 0 N–H and O–H groups in total. The van der Waals surface area contributed by atoms with Crippen molar-refractivity contribution in [2.24, 2.45) is 0 Å². The molecule has 0 spiro atoms. The van der Waals surface area contributed by atoms with Gasteiger partial charge >= 0.3 is 0 Å². The molecule has 6 rings (SSSR count). The average molecular weight is 379 g/mol. The fraction of sp³-hybridized carbons (Fsp3) is 0. The quantitative estimate of drug-likeness (QED) is 0.319. The van der Waals surface area contributed by atoms with Gasteiger partial charge < -0.3 is 8.83 Å². The Bertz CT molecular complexity index is 1510. The number of rotatable bonds is 2. The van der Waals surface area contributed by atoms with Crippen LogP contribution in [0.3, 0.4) is 0 Å². The zero-order valence-electron chi connectivity index (χ0n) is 15.2. The topological polar surface area (TPSA) is 39.2 Å². The van der Waals surface area contributed by atoms with Gasteiger partial charge in [0, 0.05) is 27.3 Å². The van der Waals surface area contributed by atoms with Crippen LogP contribution >= 0.6 is 0 Å². The molecule has 3 aromatic heterocycles. The van der Waals surface area contributed by atoms with Crippen LogP contribution in [0.1, 0.15) is 0 Å². The fourth-order valence-corrected chi connectivity index (χ4v) is 3.80. The third-order valence-corrected chi connectivity index (χ3v) is 5.21. The Hall–Kier alpha value is -3.92. The fourth-order valence-electron chi connectivity index (χ4n) is 3.80. The highest BCUT2D eigenvalue weighted by Crippen LogP contribution is 2.36. The first-order chi connectivity index (χ1) is 14.3. The predicted octanol–water partition coefficient (Wildman–Crippen LogP) is 7.20. The third kappa shape index (κ3) is 2.53. The highest BCUT2D eigenvalue weighted by Gasteiger charge is 2.14. The van der Waals surface area contributed by atoms with Crippen molar-refractivity contribution in [3.05, 3.63) is 90.9 Å². The van der Waals surface area contributed by atoms with Gasteiger partial charge in [0.05, 0.1) is 11.9 Å². The number of hydrogen-bond donors (Lipinski definition) is 0. The van der Waals surface area contributed by atoms with Gasteiger partial charge in [-0.05, 0) is 48.5 Å². The van der Waals surface area contributed by atoms with Crippen LogP contribution in [0.4, 0.5) is 4.39 Å². The molecule has 0 amide bonds. The Balaban J connectivity index is 1.52. The number of halogens is 1. The van der Waals surface area contributed by atoms with Gasteiger partial charge in [-0.1, -0.05) is 30.3 Å². The van der Waals surface area contributed by atoms with Crippen molar-refractivity contribution >= 4 is 32.9 Å². The lowest BCUT2D eigenvalue weighted by Crippen LogP contribution is -1.83. The van der Waals surface area contributed by atoms with E-state index in [0.29, 0.717) is 11.3 Å². The molecule has 0 unspecified atom stereocenters. The lowest BCUT2D eigenvalue weighted by atomic mass is 10.1. The molecule has 0 atom stereocenters. The summed E-state index contributed by atoms with van der Waals surface area (Å²) in [4.78, 5) is 4.60. The number of fused-ring (bicyclic) bond motifs is 4. The molecule has 0 aliphatic rings. The summed E-state index contributed by atoms with van der Waals surface area (Å²) in [6.07, 6.45) is 1.72. The van der Waals surface area contributed by atoms with Gasteiger partial charge in [-0.3, -0.25) is 4.98 Å². The number of para-hydroxylation sites is 2. The molecule has 3 nitrogen and oxygen atoms in total. The Morgan fingerprint density at radius 2 is 1.55 bits per heavy atom. The van der Waals surface area contributed by atoms with Gasteiger partial charge in [0.2, 0.25) is 0 Å². The monoisotopic (exact) mass is 379 g/mol. The maximum absolute atomic E-state index is 13.2. The molecular formula is C25H14FNO2. The molecule has 0 aliphatic heterocycles.